The van der Waals surface area contributed by atoms with E-state index in [9.17, 15) is 4.79 Å². The molecule has 0 radical (unpaired) electrons. The van der Waals surface area contributed by atoms with Crippen LogP contribution in [0.2, 0.25) is 0 Å². The summed E-state index contributed by atoms with van der Waals surface area (Å²) in [5, 5.41) is 6.01. The smallest absolute Gasteiger partial charge is 0.315 e. The maximum Gasteiger partial charge on any atom is 0.315 e. The molecule has 1 aromatic carbocycles. The highest BCUT2D eigenvalue weighted by Crippen LogP contribution is 2.32. The van der Waals surface area contributed by atoms with E-state index in [0.29, 0.717) is 5.92 Å². The van der Waals surface area contributed by atoms with Gasteiger partial charge in [-0.25, -0.2) is 4.79 Å². The molecule has 104 valence electrons. The second kappa shape index (κ2) is 6.09. The summed E-state index contributed by atoms with van der Waals surface area (Å²) in [6.07, 6.45) is 3.53. The van der Waals surface area contributed by atoms with Gasteiger partial charge in [0.25, 0.3) is 0 Å². The van der Waals surface area contributed by atoms with E-state index in [1.54, 1.807) is 0 Å². The van der Waals surface area contributed by atoms with Crippen LogP contribution in [0.4, 0.5) is 4.79 Å². The molecule has 0 spiro atoms. The van der Waals surface area contributed by atoms with Crippen molar-refractivity contribution >= 4 is 6.03 Å². The fourth-order valence-electron chi connectivity index (χ4n) is 2.28. The van der Waals surface area contributed by atoms with Crippen molar-refractivity contribution < 1.29 is 4.79 Å². The van der Waals surface area contributed by atoms with Gasteiger partial charge < -0.3 is 10.6 Å². The van der Waals surface area contributed by atoms with E-state index >= 15 is 0 Å². The van der Waals surface area contributed by atoms with E-state index in [2.05, 4.69) is 48.7 Å². The number of rotatable bonds is 5. The molecular formula is C16H24N2O. The molecule has 3 heteroatoms. The van der Waals surface area contributed by atoms with Gasteiger partial charge in [-0.1, -0.05) is 31.2 Å². The first kappa shape index (κ1) is 13.9. The Labute approximate surface area is 115 Å². The molecule has 2 rings (SSSR count). The first-order valence-electron chi connectivity index (χ1n) is 7.26. The van der Waals surface area contributed by atoms with Gasteiger partial charge in [-0.3, -0.25) is 0 Å². The third kappa shape index (κ3) is 3.98. The van der Waals surface area contributed by atoms with Crippen molar-refractivity contribution in [2.75, 3.05) is 0 Å². The summed E-state index contributed by atoms with van der Waals surface area (Å²) in [4.78, 5) is 11.9. The lowest BCUT2D eigenvalue weighted by molar-refractivity contribution is 0.233. The number of urea groups is 1. The SMILES string of the molecule is CCc1ccc(C(C)NC(=O)NC(C)C2CC2)cc1. The molecule has 3 nitrogen and oxygen atoms in total. The quantitative estimate of drug-likeness (QED) is 0.837. The van der Waals surface area contributed by atoms with E-state index in [0.717, 1.165) is 12.0 Å². The van der Waals surface area contributed by atoms with Gasteiger partial charge in [-0.05, 0) is 50.2 Å². The van der Waals surface area contributed by atoms with E-state index in [-0.39, 0.29) is 18.1 Å². The molecule has 2 amide bonds. The Morgan fingerprint density at radius 1 is 1.21 bits per heavy atom. The Morgan fingerprint density at radius 3 is 2.37 bits per heavy atom. The van der Waals surface area contributed by atoms with Gasteiger partial charge in [-0.15, -0.1) is 0 Å². The number of benzene rings is 1. The van der Waals surface area contributed by atoms with Crippen LogP contribution in [0.15, 0.2) is 24.3 Å². The average Bonchev–Trinajstić information content (AvgIpc) is 3.22. The first-order chi connectivity index (χ1) is 9.10. The number of carbonyl (C=O) groups is 1. The average molecular weight is 260 g/mol. The lowest BCUT2D eigenvalue weighted by atomic mass is 10.1. The molecule has 1 saturated carbocycles. The summed E-state index contributed by atoms with van der Waals surface area (Å²) in [7, 11) is 0. The predicted molar refractivity (Wildman–Crippen MR) is 78.1 cm³/mol. The molecule has 2 atom stereocenters. The van der Waals surface area contributed by atoms with Gasteiger partial charge in [0.2, 0.25) is 0 Å². The monoisotopic (exact) mass is 260 g/mol. The van der Waals surface area contributed by atoms with Crippen LogP contribution >= 0.6 is 0 Å². The molecule has 0 saturated heterocycles. The Hall–Kier alpha value is -1.51. The predicted octanol–water partition coefficient (Wildman–Crippen LogP) is 3.41. The summed E-state index contributed by atoms with van der Waals surface area (Å²) < 4.78 is 0. The lowest BCUT2D eigenvalue weighted by Crippen LogP contribution is -2.42. The van der Waals surface area contributed by atoms with Crippen molar-refractivity contribution in [1.82, 2.24) is 10.6 Å². The summed E-state index contributed by atoms with van der Waals surface area (Å²) in [6.45, 7) is 6.24. The minimum atomic E-state index is -0.0635. The molecule has 2 unspecified atom stereocenters. The minimum Gasteiger partial charge on any atom is -0.335 e. The van der Waals surface area contributed by atoms with Gasteiger partial charge >= 0.3 is 6.03 Å². The fourth-order valence-corrected chi connectivity index (χ4v) is 2.28. The Balaban J connectivity index is 1.84. The molecule has 0 aromatic heterocycles. The third-order valence-electron chi connectivity index (χ3n) is 3.92. The number of hydrogen-bond acceptors (Lipinski definition) is 1. The van der Waals surface area contributed by atoms with Crippen molar-refractivity contribution in [3.05, 3.63) is 35.4 Å². The molecule has 2 N–H and O–H groups in total. The highest BCUT2D eigenvalue weighted by atomic mass is 16.2. The van der Waals surface area contributed by atoms with Gasteiger partial charge in [0.05, 0.1) is 6.04 Å². The topological polar surface area (TPSA) is 41.1 Å². The molecule has 1 fully saturated rings. The number of carbonyl (C=O) groups excluding carboxylic acids is 1. The van der Waals surface area contributed by atoms with Crippen LogP contribution in [0.5, 0.6) is 0 Å². The van der Waals surface area contributed by atoms with Crippen molar-refractivity contribution in [2.45, 2.75) is 52.1 Å². The number of aryl methyl sites for hydroxylation is 1. The standard InChI is InChI=1S/C16H24N2O/c1-4-13-5-7-14(8-6-13)11(2)17-16(19)18-12(3)15-9-10-15/h5-8,11-12,15H,4,9-10H2,1-3H3,(H2,17,18,19). The highest BCUT2D eigenvalue weighted by molar-refractivity contribution is 5.74. The molecule has 0 bridgehead atoms. The molecule has 0 aliphatic heterocycles. The van der Waals surface area contributed by atoms with Gasteiger partial charge in [0.15, 0.2) is 0 Å². The summed E-state index contributed by atoms with van der Waals surface area (Å²) in [5.41, 5.74) is 2.47. The molecular weight excluding hydrogens is 236 g/mol. The zero-order valence-electron chi connectivity index (χ0n) is 12.1. The third-order valence-corrected chi connectivity index (χ3v) is 3.92. The van der Waals surface area contributed by atoms with Crippen LogP contribution in [0, 0.1) is 5.92 Å². The van der Waals surface area contributed by atoms with Crippen LogP contribution < -0.4 is 10.6 Å². The Morgan fingerprint density at radius 2 is 1.84 bits per heavy atom. The fraction of sp³-hybridized carbons (Fsp3) is 0.562. The van der Waals surface area contributed by atoms with Crippen LogP contribution in [0.3, 0.4) is 0 Å². The summed E-state index contributed by atoms with van der Waals surface area (Å²) in [5.74, 6) is 0.685. The number of nitrogens with one attached hydrogen (secondary N) is 2. The maximum atomic E-state index is 11.9. The zero-order valence-corrected chi connectivity index (χ0v) is 12.1. The normalized spacial score (nSPS) is 17.6. The Kier molecular flexibility index (Phi) is 4.46. The number of hydrogen-bond donors (Lipinski definition) is 2. The Bertz CT molecular complexity index is 423. The summed E-state index contributed by atoms with van der Waals surface area (Å²) >= 11 is 0. The highest BCUT2D eigenvalue weighted by Gasteiger charge is 2.29. The molecule has 0 heterocycles. The summed E-state index contributed by atoms with van der Waals surface area (Å²) in [6, 6.07) is 8.69. The van der Waals surface area contributed by atoms with Gasteiger partial charge in [0, 0.05) is 6.04 Å². The molecule has 1 aliphatic rings. The van der Waals surface area contributed by atoms with Crippen molar-refractivity contribution in [1.29, 1.82) is 0 Å². The first-order valence-corrected chi connectivity index (χ1v) is 7.26. The van der Waals surface area contributed by atoms with E-state index in [1.807, 2.05) is 6.92 Å². The van der Waals surface area contributed by atoms with E-state index in [1.165, 1.54) is 18.4 Å². The van der Waals surface area contributed by atoms with E-state index in [4.69, 9.17) is 0 Å². The second-order valence-corrected chi connectivity index (χ2v) is 5.56. The van der Waals surface area contributed by atoms with E-state index < -0.39 is 0 Å². The van der Waals surface area contributed by atoms with Crippen molar-refractivity contribution in [2.24, 2.45) is 5.92 Å². The largest absolute Gasteiger partial charge is 0.335 e. The minimum absolute atomic E-state index is 0.0392. The van der Waals surface area contributed by atoms with Crippen molar-refractivity contribution in [3.8, 4) is 0 Å². The molecule has 1 aliphatic carbocycles. The zero-order chi connectivity index (χ0) is 13.8. The van der Waals surface area contributed by atoms with Gasteiger partial charge in [-0.2, -0.15) is 0 Å². The van der Waals surface area contributed by atoms with Crippen LogP contribution in [-0.2, 0) is 6.42 Å². The van der Waals surface area contributed by atoms with Crippen LogP contribution in [0.25, 0.3) is 0 Å². The molecule has 19 heavy (non-hydrogen) atoms. The van der Waals surface area contributed by atoms with Gasteiger partial charge in [0.1, 0.15) is 0 Å². The maximum absolute atomic E-state index is 11.9. The van der Waals surface area contributed by atoms with Crippen LogP contribution in [0.1, 0.15) is 50.8 Å². The number of amides is 2. The molecule has 1 aromatic rings. The second-order valence-electron chi connectivity index (χ2n) is 5.56. The lowest BCUT2D eigenvalue weighted by Gasteiger charge is -2.18. The van der Waals surface area contributed by atoms with Crippen molar-refractivity contribution in [3.63, 3.8) is 0 Å². The van der Waals surface area contributed by atoms with Crippen LogP contribution in [-0.4, -0.2) is 12.1 Å².